The van der Waals surface area contributed by atoms with Gasteiger partial charge in [-0.15, -0.1) is 0 Å². The highest BCUT2D eigenvalue weighted by atomic mass is 16.5. The number of hydrogen-bond acceptors (Lipinski definition) is 3. The van der Waals surface area contributed by atoms with Gasteiger partial charge in [0.05, 0.1) is 6.10 Å². The summed E-state index contributed by atoms with van der Waals surface area (Å²) in [6.45, 7) is 8.42. The maximum absolute atomic E-state index is 11.0. The molecule has 0 radical (unpaired) electrons. The van der Waals surface area contributed by atoms with Gasteiger partial charge in [0.15, 0.2) is 0 Å². The van der Waals surface area contributed by atoms with Gasteiger partial charge in [-0.1, -0.05) is 32.1 Å². The molecule has 5 nitrogen and oxygen atoms in total. The highest BCUT2D eigenvalue weighted by molar-refractivity contribution is 5.80. The smallest absolute Gasteiger partial charge is 0.134 e. The Balaban J connectivity index is 1.52. The number of unbranched alkanes of at least 4 members (excludes halogenated alkanes) is 1. The van der Waals surface area contributed by atoms with Gasteiger partial charge in [-0.25, -0.2) is 0 Å². The highest BCUT2D eigenvalue weighted by Crippen LogP contribution is 2.35. The molecule has 3 aromatic rings. The summed E-state index contributed by atoms with van der Waals surface area (Å²) in [5.41, 5.74) is 2.98. The fourth-order valence-electron chi connectivity index (χ4n) is 4.24. The van der Waals surface area contributed by atoms with E-state index in [1.54, 1.807) is 0 Å². The van der Waals surface area contributed by atoms with Gasteiger partial charge in [-0.05, 0) is 55.3 Å². The SMILES string of the molecule is C=c1/c(=C(/C)N=CCCC)ccn1C1CCC(C(O)c2ccc3ccn(C)c3c2)O1. The van der Waals surface area contributed by atoms with Crippen molar-refractivity contribution in [3.05, 3.63) is 58.9 Å². The van der Waals surface area contributed by atoms with E-state index in [0.29, 0.717) is 0 Å². The second-order valence-corrected chi connectivity index (χ2v) is 8.17. The molecule has 158 valence electrons. The molecule has 3 unspecified atom stereocenters. The van der Waals surface area contributed by atoms with Crippen LogP contribution in [0, 0.1) is 0 Å². The van der Waals surface area contributed by atoms with Gasteiger partial charge < -0.3 is 19.0 Å². The molecule has 1 saturated heterocycles. The monoisotopic (exact) mass is 405 g/mol. The molecule has 1 aromatic carbocycles. The van der Waals surface area contributed by atoms with Crippen LogP contribution in [0.3, 0.4) is 0 Å². The van der Waals surface area contributed by atoms with E-state index in [0.717, 1.165) is 53.0 Å². The number of aliphatic hydroxyl groups is 1. The average molecular weight is 406 g/mol. The van der Waals surface area contributed by atoms with Gasteiger partial charge >= 0.3 is 0 Å². The lowest BCUT2D eigenvalue weighted by molar-refractivity contribution is -0.0611. The van der Waals surface area contributed by atoms with Crippen LogP contribution in [0.5, 0.6) is 0 Å². The van der Waals surface area contributed by atoms with Crippen molar-refractivity contribution < 1.29 is 9.84 Å². The largest absolute Gasteiger partial charge is 0.386 e. The Morgan fingerprint density at radius 1 is 1.30 bits per heavy atom. The first kappa shape index (κ1) is 20.6. The Morgan fingerprint density at radius 3 is 2.93 bits per heavy atom. The standard InChI is InChI=1S/C25H31N3O2/c1-5-6-13-26-17(2)21-12-15-28(18(21)3)24-10-9-23(30-24)25(29)20-8-7-19-11-14-27(4)22(19)16-20/h7-8,11-16,23-25,29H,3,5-6,9-10H2,1-2,4H3/b21-17-,26-13?. The zero-order chi connectivity index (χ0) is 21.3. The molecule has 30 heavy (non-hydrogen) atoms. The summed E-state index contributed by atoms with van der Waals surface area (Å²) in [5.74, 6) is 0. The highest BCUT2D eigenvalue weighted by Gasteiger charge is 2.32. The Kier molecular flexibility index (Phi) is 5.93. The third-order valence-electron chi connectivity index (χ3n) is 6.06. The second kappa shape index (κ2) is 8.62. The summed E-state index contributed by atoms with van der Waals surface area (Å²) in [7, 11) is 2.02. The summed E-state index contributed by atoms with van der Waals surface area (Å²) in [6, 6.07) is 10.3. The van der Waals surface area contributed by atoms with Gasteiger partial charge in [-0.2, -0.15) is 0 Å². The van der Waals surface area contributed by atoms with E-state index in [2.05, 4.69) is 51.9 Å². The molecule has 1 aliphatic rings. The lowest BCUT2D eigenvalue weighted by Crippen LogP contribution is -2.31. The third kappa shape index (κ3) is 3.87. The Bertz CT molecular complexity index is 1170. The van der Waals surface area contributed by atoms with Gasteiger partial charge in [0.2, 0.25) is 0 Å². The maximum atomic E-state index is 11.0. The van der Waals surface area contributed by atoms with E-state index in [1.807, 2.05) is 38.6 Å². The molecule has 1 N–H and O–H groups in total. The minimum Gasteiger partial charge on any atom is -0.386 e. The topological polar surface area (TPSA) is 51.7 Å². The molecule has 0 amide bonds. The van der Waals surface area contributed by atoms with Crippen molar-refractivity contribution in [3.63, 3.8) is 0 Å². The van der Waals surface area contributed by atoms with Crippen LogP contribution in [0.4, 0.5) is 0 Å². The number of ether oxygens (including phenoxy) is 1. The molecule has 0 spiro atoms. The van der Waals surface area contributed by atoms with E-state index in [4.69, 9.17) is 4.74 Å². The van der Waals surface area contributed by atoms with Crippen LogP contribution in [0.1, 0.15) is 57.4 Å². The molecule has 2 aromatic heterocycles. The van der Waals surface area contributed by atoms with Gasteiger partial charge in [0, 0.05) is 47.4 Å². The quantitative estimate of drug-likeness (QED) is 0.634. The first-order valence-corrected chi connectivity index (χ1v) is 10.8. The fourth-order valence-corrected chi connectivity index (χ4v) is 4.24. The first-order valence-electron chi connectivity index (χ1n) is 10.8. The summed E-state index contributed by atoms with van der Waals surface area (Å²) in [4.78, 5) is 4.55. The van der Waals surface area contributed by atoms with E-state index in [9.17, 15) is 5.11 Å². The van der Waals surface area contributed by atoms with Crippen LogP contribution in [0.15, 0.2) is 47.7 Å². The van der Waals surface area contributed by atoms with Crippen LogP contribution < -0.4 is 10.6 Å². The van der Waals surface area contributed by atoms with E-state index in [-0.39, 0.29) is 12.3 Å². The number of aliphatic imine (C=N–C) groups is 1. The number of aryl methyl sites for hydroxylation is 1. The molecule has 3 heterocycles. The van der Waals surface area contributed by atoms with E-state index in [1.165, 1.54) is 5.39 Å². The predicted octanol–water partition coefficient (Wildman–Crippen LogP) is 3.80. The van der Waals surface area contributed by atoms with Gasteiger partial charge in [0.25, 0.3) is 0 Å². The minimum absolute atomic E-state index is 0.114. The molecular weight excluding hydrogens is 374 g/mol. The maximum Gasteiger partial charge on any atom is 0.134 e. The normalized spacial score (nSPS) is 21.6. The van der Waals surface area contributed by atoms with Gasteiger partial charge in [0.1, 0.15) is 12.3 Å². The summed E-state index contributed by atoms with van der Waals surface area (Å²) >= 11 is 0. The molecule has 1 fully saturated rings. The minimum atomic E-state index is -0.649. The van der Waals surface area contributed by atoms with Crippen LogP contribution in [-0.4, -0.2) is 26.6 Å². The van der Waals surface area contributed by atoms with Gasteiger partial charge in [-0.3, -0.25) is 4.99 Å². The zero-order valence-corrected chi connectivity index (χ0v) is 18.1. The van der Waals surface area contributed by atoms with Crippen LogP contribution >= 0.6 is 0 Å². The lowest BCUT2D eigenvalue weighted by Gasteiger charge is -2.20. The molecule has 5 heteroatoms. The van der Waals surface area contributed by atoms with Crippen molar-refractivity contribution in [3.8, 4) is 0 Å². The second-order valence-electron chi connectivity index (χ2n) is 8.17. The van der Waals surface area contributed by atoms with Crippen molar-refractivity contribution in [2.45, 2.75) is 58.0 Å². The molecular formula is C25H31N3O2. The summed E-state index contributed by atoms with van der Waals surface area (Å²) in [6.07, 6.45) is 8.75. The predicted molar refractivity (Wildman–Crippen MR) is 123 cm³/mol. The first-order chi connectivity index (χ1) is 14.5. The van der Waals surface area contributed by atoms with Crippen molar-refractivity contribution in [2.75, 3.05) is 0 Å². The molecule has 1 aliphatic heterocycles. The number of benzene rings is 1. The number of rotatable bonds is 6. The number of aliphatic hydroxyl groups excluding tert-OH is 1. The lowest BCUT2D eigenvalue weighted by atomic mass is 10.0. The average Bonchev–Trinajstić information content (AvgIpc) is 3.46. The number of nitrogens with zero attached hydrogens (tertiary/aromatic N) is 3. The van der Waals surface area contributed by atoms with Crippen LogP contribution in [0.25, 0.3) is 23.2 Å². The Morgan fingerprint density at radius 2 is 2.13 bits per heavy atom. The zero-order valence-electron chi connectivity index (χ0n) is 18.1. The number of fused-ring (bicyclic) bond motifs is 1. The van der Waals surface area contributed by atoms with Crippen molar-refractivity contribution in [2.24, 2.45) is 12.0 Å². The van der Waals surface area contributed by atoms with E-state index < -0.39 is 6.10 Å². The fraction of sp³-hybridized carbons (Fsp3) is 0.400. The van der Waals surface area contributed by atoms with Crippen LogP contribution in [0.2, 0.25) is 0 Å². The molecule has 0 saturated carbocycles. The summed E-state index contributed by atoms with van der Waals surface area (Å²) < 4.78 is 10.4. The van der Waals surface area contributed by atoms with Crippen molar-refractivity contribution in [1.82, 2.24) is 9.13 Å². The van der Waals surface area contributed by atoms with Crippen molar-refractivity contribution in [1.29, 1.82) is 0 Å². The third-order valence-corrected chi connectivity index (χ3v) is 6.06. The molecule has 0 aliphatic carbocycles. The molecule has 4 rings (SSSR count). The Labute approximate surface area is 177 Å². The van der Waals surface area contributed by atoms with Crippen LogP contribution in [-0.2, 0) is 11.8 Å². The van der Waals surface area contributed by atoms with E-state index >= 15 is 0 Å². The number of aromatic nitrogens is 2. The number of hydrogen-bond donors (Lipinski definition) is 1. The molecule has 0 bridgehead atoms. The molecule has 3 atom stereocenters. The summed E-state index contributed by atoms with van der Waals surface area (Å²) in [5, 5.41) is 14.1. The Hall–Kier alpha value is -2.63. The van der Waals surface area contributed by atoms with Crippen molar-refractivity contribution >= 4 is 29.4 Å².